The van der Waals surface area contributed by atoms with Gasteiger partial charge in [-0.2, -0.15) is 0 Å². The summed E-state index contributed by atoms with van der Waals surface area (Å²) in [7, 11) is 2.64. The number of nitrogens with one attached hydrogen (secondary N) is 1. The summed E-state index contributed by atoms with van der Waals surface area (Å²) in [6, 6.07) is 4.01. The van der Waals surface area contributed by atoms with Crippen molar-refractivity contribution >= 4 is 29.7 Å². The second kappa shape index (κ2) is 12.4. The van der Waals surface area contributed by atoms with Crippen LogP contribution in [0.25, 0.3) is 0 Å². The van der Waals surface area contributed by atoms with Gasteiger partial charge in [-0.3, -0.25) is 9.59 Å². The van der Waals surface area contributed by atoms with E-state index in [4.69, 9.17) is 9.47 Å². The highest BCUT2D eigenvalue weighted by Gasteiger charge is 2.31. The number of rotatable bonds is 11. The Morgan fingerprint density at radius 2 is 1.90 bits per heavy atom. The van der Waals surface area contributed by atoms with Gasteiger partial charge in [-0.25, -0.2) is 9.69 Å². The van der Waals surface area contributed by atoms with Crippen molar-refractivity contribution in [1.82, 2.24) is 10.2 Å². The first-order valence-corrected chi connectivity index (χ1v) is 10.8. The van der Waals surface area contributed by atoms with E-state index in [1.807, 2.05) is 26.8 Å². The number of amides is 2. The molecule has 0 spiro atoms. The zero-order chi connectivity index (χ0) is 23.6. The van der Waals surface area contributed by atoms with E-state index in [1.165, 1.54) is 26.0 Å². The summed E-state index contributed by atoms with van der Waals surface area (Å²) >= 11 is 1.38. The summed E-state index contributed by atoms with van der Waals surface area (Å²) in [4.78, 5) is 37.2. The molecule has 0 heterocycles. The molecule has 0 bridgehead atoms. The van der Waals surface area contributed by atoms with Gasteiger partial charge >= 0.3 is 12.1 Å². The lowest BCUT2D eigenvalue weighted by Gasteiger charge is -2.27. The van der Waals surface area contributed by atoms with Crippen LogP contribution in [-0.4, -0.2) is 70.5 Å². The monoisotopic (exact) mass is 456 g/mol. The van der Waals surface area contributed by atoms with Gasteiger partial charge in [0, 0.05) is 4.75 Å². The summed E-state index contributed by atoms with van der Waals surface area (Å²) in [5, 5.41) is 22.0. The van der Waals surface area contributed by atoms with E-state index in [2.05, 4.69) is 5.32 Å². The number of carboxylic acid groups (broad SMARTS) is 1. The number of aromatic hydroxyl groups is 1. The van der Waals surface area contributed by atoms with Crippen LogP contribution in [0.3, 0.4) is 0 Å². The third kappa shape index (κ3) is 9.48. The first-order valence-electron chi connectivity index (χ1n) is 9.82. The van der Waals surface area contributed by atoms with Gasteiger partial charge in [0.1, 0.15) is 0 Å². The van der Waals surface area contributed by atoms with Crippen molar-refractivity contribution < 1.29 is 34.1 Å². The average molecular weight is 457 g/mol. The number of aryl methyl sites for hydroxylation is 1. The van der Waals surface area contributed by atoms with Gasteiger partial charge in [0.15, 0.2) is 11.5 Å². The number of methoxy groups -OCH3 is 2. The molecule has 0 fully saturated rings. The molecule has 1 aromatic rings. The van der Waals surface area contributed by atoms with Crippen molar-refractivity contribution in [3.63, 3.8) is 0 Å². The first kappa shape index (κ1) is 26.6. The zero-order valence-corrected chi connectivity index (χ0v) is 19.5. The molecule has 9 nitrogen and oxygen atoms in total. The zero-order valence-electron chi connectivity index (χ0n) is 18.6. The molecular weight excluding hydrogens is 424 g/mol. The fourth-order valence-corrected chi connectivity index (χ4v) is 3.39. The topological polar surface area (TPSA) is 125 Å². The molecule has 1 aromatic carbocycles. The van der Waals surface area contributed by atoms with Crippen LogP contribution in [0, 0.1) is 0 Å². The summed E-state index contributed by atoms with van der Waals surface area (Å²) in [5.41, 5.74) is 0.874. The van der Waals surface area contributed by atoms with Crippen LogP contribution in [0.5, 0.6) is 11.5 Å². The molecule has 0 aromatic heterocycles. The molecule has 0 saturated heterocycles. The van der Waals surface area contributed by atoms with Crippen molar-refractivity contribution in [3.8, 4) is 11.5 Å². The molecular formula is C21H32N2O7S. The molecule has 10 heteroatoms. The van der Waals surface area contributed by atoms with Crippen LogP contribution in [0.1, 0.15) is 39.2 Å². The average Bonchev–Trinajstić information content (AvgIpc) is 2.68. The summed E-state index contributed by atoms with van der Waals surface area (Å²) in [6.07, 6.45) is -0.105. The lowest BCUT2D eigenvalue weighted by Crippen LogP contribution is -2.50. The third-order valence-corrected chi connectivity index (χ3v) is 5.49. The number of phenolic OH excluding ortho intramolecular Hbond substituents is 1. The standard InChI is InChI=1S/C21H32N2O7S/c1-21(2,3)31-13-23(20(28)30-5)19(27)15(12-18(25)26)22-10-6-7-14-8-9-17(29-4)16(24)11-14/h8-9,11,15,22,24H,6-7,10,12-13H2,1-5H3,(H,25,26). The minimum absolute atomic E-state index is 0.0389. The highest BCUT2D eigenvalue weighted by molar-refractivity contribution is 8.00. The van der Waals surface area contributed by atoms with Crippen molar-refractivity contribution in [2.24, 2.45) is 0 Å². The molecule has 2 amide bonds. The maximum atomic E-state index is 12.9. The largest absolute Gasteiger partial charge is 0.504 e. The van der Waals surface area contributed by atoms with E-state index in [-0.39, 0.29) is 16.4 Å². The van der Waals surface area contributed by atoms with Crippen molar-refractivity contribution in [2.45, 2.75) is 50.8 Å². The predicted molar refractivity (Wildman–Crippen MR) is 118 cm³/mol. The van der Waals surface area contributed by atoms with Crippen LogP contribution in [0.2, 0.25) is 0 Å². The lowest BCUT2D eigenvalue weighted by atomic mass is 10.1. The lowest BCUT2D eigenvalue weighted by molar-refractivity contribution is -0.141. The normalized spacial score (nSPS) is 12.2. The Balaban J connectivity index is 2.76. The molecule has 0 aliphatic rings. The Bertz CT molecular complexity index is 765. The Hall–Kier alpha value is -2.46. The third-order valence-electron chi connectivity index (χ3n) is 4.24. The van der Waals surface area contributed by atoms with E-state index < -0.39 is 30.4 Å². The Morgan fingerprint density at radius 3 is 2.42 bits per heavy atom. The van der Waals surface area contributed by atoms with Gasteiger partial charge in [0.05, 0.1) is 32.6 Å². The van der Waals surface area contributed by atoms with Gasteiger partial charge in [-0.05, 0) is 37.1 Å². The molecule has 0 saturated carbocycles. The number of hydrogen-bond acceptors (Lipinski definition) is 8. The van der Waals surface area contributed by atoms with Crippen LogP contribution in [0.15, 0.2) is 18.2 Å². The van der Waals surface area contributed by atoms with E-state index >= 15 is 0 Å². The number of nitrogens with zero attached hydrogens (tertiary/aromatic N) is 1. The summed E-state index contributed by atoms with van der Waals surface area (Å²) in [6.45, 7) is 6.18. The molecule has 1 unspecified atom stereocenters. The minimum atomic E-state index is -1.15. The number of carbonyl (C=O) groups is 3. The van der Waals surface area contributed by atoms with E-state index in [9.17, 15) is 24.6 Å². The Labute approximate surface area is 187 Å². The van der Waals surface area contributed by atoms with Gasteiger partial charge in [0.25, 0.3) is 0 Å². The second-order valence-corrected chi connectivity index (χ2v) is 9.61. The maximum absolute atomic E-state index is 12.9. The van der Waals surface area contributed by atoms with Crippen LogP contribution < -0.4 is 10.1 Å². The Kier molecular flexibility index (Phi) is 10.6. The van der Waals surface area contributed by atoms with E-state index in [0.29, 0.717) is 25.1 Å². The van der Waals surface area contributed by atoms with Crippen molar-refractivity contribution in [3.05, 3.63) is 23.8 Å². The Morgan fingerprint density at radius 1 is 1.23 bits per heavy atom. The van der Waals surface area contributed by atoms with E-state index in [0.717, 1.165) is 10.5 Å². The molecule has 0 aliphatic heterocycles. The molecule has 1 rings (SSSR count). The maximum Gasteiger partial charge on any atom is 0.417 e. The van der Waals surface area contributed by atoms with Crippen molar-refractivity contribution in [1.29, 1.82) is 0 Å². The number of ether oxygens (including phenoxy) is 2. The van der Waals surface area contributed by atoms with Crippen LogP contribution in [0.4, 0.5) is 4.79 Å². The molecule has 0 radical (unpaired) electrons. The highest BCUT2D eigenvalue weighted by Crippen LogP contribution is 2.27. The number of benzene rings is 1. The molecule has 31 heavy (non-hydrogen) atoms. The number of carboxylic acids is 1. The predicted octanol–water partition coefficient (Wildman–Crippen LogP) is 2.85. The number of phenols is 1. The molecule has 3 N–H and O–H groups in total. The van der Waals surface area contributed by atoms with Gasteiger partial charge in [0.2, 0.25) is 5.91 Å². The number of aliphatic carboxylic acids is 1. The van der Waals surface area contributed by atoms with Crippen molar-refractivity contribution in [2.75, 3.05) is 26.6 Å². The second-order valence-electron chi connectivity index (χ2n) is 7.84. The van der Waals surface area contributed by atoms with E-state index in [1.54, 1.807) is 12.1 Å². The summed E-state index contributed by atoms with van der Waals surface area (Å²) in [5.74, 6) is -1.33. The fraction of sp³-hybridized carbons (Fsp3) is 0.571. The molecule has 1 atom stereocenters. The summed E-state index contributed by atoms with van der Waals surface area (Å²) < 4.78 is 9.52. The fourth-order valence-electron chi connectivity index (χ4n) is 2.64. The highest BCUT2D eigenvalue weighted by atomic mass is 32.2. The first-order chi connectivity index (χ1) is 14.5. The molecule has 174 valence electrons. The minimum Gasteiger partial charge on any atom is -0.504 e. The van der Waals surface area contributed by atoms with Gasteiger partial charge in [-0.1, -0.05) is 26.8 Å². The van der Waals surface area contributed by atoms with Gasteiger partial charge < -0.3 is 25.0 Å². The van der Waals surface area contributed by atoms with Gasteiger partial charge in [-0.15, -0.1) is 11.8 Å². The van der Waals surface area contributed by atoms with Crippen LogP contribution >= 0.6 is 11.8 Å². The molecule has 0 aliphatic carbocycles. The van der Waals surface area contributed by atoms with Crippen LogP contribution in [-0.2, 0) is 20.7 Å². The number of hydrogen-bond donors (Lipinski definition) is 3. The number of thioether (sulfide) groups is 1. The smallest absolute Gasteiger partial charge is 0.417 e. The number of carbonyl (C=O) groups excluding carboxylic acids is 2. The SMILES string of the molecule is COC(=O)N(CSC(C)(C)C)C(=O)C(CC(=O)O)NCCCc1ccc(OC)c(O)c1. The quantitative estimate of drug-likeness (QED) is 0.340. The number of imide groups is 1.